The number of thioether (sulfide) groups is 1. The van der Waals surface area contributed by atoms with Crippen molar-refractivity contribution in [2.45, 2.75) is 26.0 Å². The number of methoxy groups -OCH3 is 1. The van der Waals surface area contributed by atoms with Gasteiger partial charge >= 0.3 is 0 Å². The molecule has 0 spiro atoms. The van der Waals surface area contributed by atoms with E-state index in [-0.39, 0.29) is 11.7 Å². The fourth-order valence-corrected chi connectivity index (χ4v) is 5.36. The molecule has 0 unspecified atom stereocenters. The number of hydrogen-bond acceptors (Lipinski definition) is 7. The second-order valence-electron chi connectivity index (χ2n) is 6.69. The SMILES string of the molecule is COc1ccc(C(C)=O)cc1CSCC(=O)NCCc1ccc(-c2csc(C)n2)s1. The number of ketones is 1. The third-order valence-corrected chi connectivity index (χ3v) is 7.33. The molecule has 0 fully saturated rings. The van der Waals surface area contributed by atoms with Crippen molar-refractivity contribution in [3.05, 3.63) is 56.7 Å². The lowest BCUT2D eigenvalue weighted by molar-refractivity contribution is -0.118. The maximum atomic E-state index is 12.2. The molecule has 1 N–H and O–H groups in total. The Morgan fingerprint density at radius 3 is 2.77 bits per heavy atom. The van der Waals surface area contributed by atoms with E-state index in [1.807, 2.05) is 13.0 Å². The van der Waals surface area contributed by atoms with Gasteiger partial charge in [-0.3, -0.25) is 9.59 Å². The maximum Gasteiger partial charge on any atom is 0.230 e. The van der Waals surface area contributed by atoms with Crippen LogP contribution < -0.4 is 10.1 Å². The van der Waals surface area contributed by atoms with Gasteiger partial charge < -0.3 is 10.1 Å². The van der Waals surface area contributed by atoms with Gasteiger partial charge in [0, 0.05) is 33.7 Å². The molecule has 158 valence electrons. The fraction of sp³-hybridized carbons (Fsp3) is 0.318. The van der Waals surface area contributed by atoms with Crippen LogP contribution in [0.4, 0.5) is 0 Å². The number of hydrogen-bond donors (Lipinski definition) is 1. The first-order valence-corrected chi connectivity index (χ1v) is 12.3. The number of ether oxygens (including phenoxy) is 1. The van der Waals surface area contributed by atoms with E-state index in [1.54, 1.807) is 48.8 Å². The minimum Gasteiger partial charge on any atom is -0.496 e. The van der Waals surface area contributed by atoms with Gasteiger partial charge in [-0.1, -0.05) is 0 Å². The summed E-state index contributed by atoms with van der Waals surface area (Å²) in [6.07, 6.45) is 0.804. The number of nitrogens with one attached hydrogen (secondary N) is 1. The van der Waals surface area contributed by atoms with Crippen molar-refractivity contribution in [3.63, 3.8) is 0 Å². The highest BCUT2D eigenvalue weighted by Crippen LogP contribution is 2.29. The number of amides is 1. The zero-order chi connectivity index (χ0) is 21.5. The molecule has 5 nitrogen and oxygen atoms in total. The van der Waals surface area contributed by atoms with Crippen LogP contribution in [-0.2, 0) is 17.0 Å². The van der Waals surface area contributed by atoms with Crippen molar-refractivity contribution in [1.29, 1.82) is 0 Å². The molecule has 0 bridgehead atoms. The highest BCUT2D eigenvalue weighted by molar-refractivity contribution is 7.99. The smallest absolute Gasteiger partial charge is 0.230 e. The van der Waals surface area contributed by atoms with Crippen LogP contribution in [0.5, 0.6) is 5.75 Å². The van der Waals surface area contributed by atoms with Crippen LogP contribution in [0.1, 0.15) is 32.7 Å². The molecule has 0 saturated heterocycles. The molecular formula is C22H24N2O3S3. The van der Waals surface area contributed by atoms with Gasteiger partial charge in [0.25, 0.3) is 0 Å². The molecule has 0 aliphatic carbocycles. The van der Waals surface area contributed by atoms with E-state index in [2.05, 4.69) is 27.8 Å². The molecule has 2 heterocycles. The average Bonchev–Trinajstić information content (AvgIpc) is 3.36. The molecule has 8 heteroatoms. The van der Waals surface area contributed by atoms with Crippen molar-refractivity contribution in [1.82, 2.24) is 10.3 Å². The van der Waals surface area contributed by atoms with Crippen LogP contribution in [0, 0.1) is 6.92 Å². The minimum atomic E-state index is 0.00796. The lowest BCUT2D eigenvalue weighted by atomic mass is 10.1. The largest absolute Gasteiger partial charge is 0.496 e. The van der Waals surface area contributed by atoms with Gasteiger partial charge in [0.2, 0.25) is 5.91 Å². The Labute approximate surface area is 188 Å². The van der Waals surface area contributed by atoms with Gasteiger partial charge in [0.15, 0.2) is 5.78 Å². The van der Waals surface area contributed by atoms with Crippen LogP contribution in [0.2, 0.25) is 0 Å². The number of thiophene rings is 1. The van der Waals surface area contributed by atoms with Crippen LogP contribution in [0.25, 0.3) is 10.6 Å². The topological polar surface area (TPSA) is 68.3 Å². The summed E-state index contributed by atoms with van der Waals surface area (Å²) in [5, 5.41) is 6.12. The van der Waals surface area contributed by atoms with E-state index in [0.717, 1.165) is 33.3 Å². The minimum absolute atomic E-state index is 0.00796. The summed E-state index contributed by atoms with van der Waals surface area (Å²) < 4.78 is 5.36. The van der Waals surface area contributed by atoms with Crippen LogP contribution >= 0.6 is 34.4 Å². The molecule has 3 aromatic rings. The molecule has 2 aromatic heterocycles. The summed E-state index contributed by atoms with van der Waals surface area (Å²) in [6.45, 7) is 4.16. The van der Waals surface area contributed by atoms with Crippen molar-refractivity contribution in [3.8, 4) is 16.3 Å². The van der Waals surface area contributed by atoms with Gasteiger partial charge in [0.05, 0.1) is 28.4 Å². The van der Waals surface area contributed by atoms with Crippen molar-refractivity contribution in [2.24, 2.45) is 0 Å². The summed E-state index contributed by atoms with van der Waals surface area (Å²) >= 11 is 4.88. The molecule has 3 rings (SSSR count). The van der Waals surface area contributed by atoms with Crippen molar-refractivity contribution < 1.29 is 14.3 Å². The summed E-state index contributed by atoms with van der Waals surface area (Å²) in [6, 6.07) is 9.59. The second kappa shape index (κ2) is 10.7. The molecule has 0 aliphatic heterocycles. The zero-order valence-electron chi connectivity index (χ0n) is 17.2. The monoisotopic (exact) mass is 460 g/mol. The molecule has 0 atom stereocenters. The Hall–Kier alpha value is -2.16. The van der Waals surface area contributed by atoms with E-state index >= 15 is 0 Å². The Kier molecular flexibility index (Phi) is 8.07. The molecule has 1 aromatic carbocycles. The number of nitrogens with zero attached hydrogens (tertiary/aromatic N) is 1. The van der Waals surface area contributed by atoms with E-state index in [0.29, 0.717) is 23.6 Å². The zero-order valence-corrected chi connectivity index (χ0v) is 19.6. The van der Waals surface area contributed by atoms with Gasteiger partial charge in [-0.05, 0) is 50.6 Å². The Morgan fingerprint density at radius 1 is 1.23 bits per heavy atom. The first-order chi connectivity index (χ1) is 14.5. The average molecular weight is 461 g/mol. The molecule has 0 saturated carbocycles. The summed E-state index contributed by atoms with van der Waals surface area (Å²) in [4.78, 5) is 30.7. The third kappa shape index (κ3) is 6.17. The number of aryl methyl sites for hydroxylation is 1. The van der Waals surface area contributed by atoms with E-state index < -0.39 is 0 Å². The number of carbonyl (C=O) groups excluding carboxylic acids is 2. The second-order valence-corrected chi connectivity index (χ2v) is 9.91. The lowest BCUT2D eigenvalue weighted by Crippen LogP contribution is -2.27. The quantitative estimate of drug-likeness (QED) is 0.432. The van der Waals surface area contributed by atoms with Gasteiger partial charge in [-0.2, -0.15) is 0 Å². The van der Waals surface area contributed by atoms with E-state index in [1.165, 1.54) is 16.6 Å². The molecular weight excluding hydrogens is 436 g/mol. The number of thiazole rings is 1. The number of benzene rings is 1. The number of carbonyl (C=O) groups is 2. The molecule has 0 radical (unpaired) electrons. The fourth-order valence-electron chi connectivity index (χ4n) is 2.87. The summed E-state index contributed by atoms with van der Waals surface area (Å²) in [5.74, 6) is 1.73. The van der Waals surface area contributed by atoms with Crippen molar-refractivity contribution >= 4 is 46.1 Å². The Morgan fingerprint density at radius 2 is 2.07 bits per heavy atom. The number of aromatic nitrogens is 1. The summed E-state index contributed by atoms with van der Waals surface area (Å²) in [7, 11) is 1.61. The highest BCUT2D eigenvalue weighted by Gasteiger charge is 2.10. The predicted octanol–water partition coefficient (Wildman–Crippen LogP) is 4.98. The standard InChI is InChI=1S/C22H24N2O3S3/c1-14(25)16-4-6-20(27-3)17(10-16)11-28-13-22(26)23-9-8-18-5-7-21(30-18)19-12-29-15(2)24-19/h4-7,10,12H,8-9,11,13H2,1-3H3,(H,23,26). The summed E-state index contributed by atoms with van der Waals surface area (Å²) in [5.41, 5.74) is 2.60. The van der Waals surface area contributed by atoms with Crippen LogP contribution in [0.15, 0.2) is 35.7 Å². The van der Waals surface area contributed by atoms with E-state index in [4.69, 9.17) is 4.74 Å². The Bertz CT molecular complexity index is 1030. The first kappa shape index (κ1) is 22.5. The molecule has 30 heavy (non-hydrogen) atoms. The maximum absolute atomic E-state index is 12.2. The molecule has 0 aliphatic rings. The van der Waals surface area contributed by atoms with Crippen molar-refractivity contribution in [2.75, 3.05) is 19.4 Å². The normalized spacial score (nSPS) is 10.8. The lowest BCUT2D eigenvalue weighted by Gasteiger charge is -2.10. The number of rotatable bonds is 10. The van der Waals surface area contributed by atoms with Crippen LogP contribution in [0.3, 0.4) is 0 Å². The van der Waals surface area contributed by atoms with Gasteiger partial charge in [-0.15, -0.1) is 34.4 Å². The molecule has 1 amide bonds. The van der Waals surface area contributed by atoms with E-state index in [9.17, 15) is 9.59 Å². The number of Topliss-reactive ketones (excluding diaryl/α,β-unsaturated/α-hetero) is 1. The van der Waals surface area contributed by atoms with Gasteiger partial charge in [0.1, 0.15) is 5.75 Å². The predicted molar refractivity (Wildman–Crippen MR) is 126 cm³/mol. The first-order valence-electron chi connectivity index (χ1n) is 9.49. The van der Waals surface area contributed by atoms with Crippen LogP contribution in [-0.4, -0.2) is 36.1 Å². The Balaban J connectivity index is 1.42. The van der Waals surface area contributed by atoms with Gasteiger partial charge in [-0.25, -0.2) is 4.98 Å². The highest BCUT2D eigenvalue weighted by atomic mass is 32.2. The third-order valence-electron chi connectivity index (χ3n) is 4.40.